The lowest BCUT2D eigenvalue weighted by Crippen LogP contribution is -2.35. The molecule has 0 heterocycles. The van der Waals surface area contributed by atoms with E-state index in [1.807, 2.05) is 49.3 Å². The van der Waals surface area contributed by atoms with Gasteiger partial charge in [0.1, 0.15) is 0 Å². The minimum absolute atomic E-state index is 0.113. The highest BCUT2D eigenvalue weighted by atomic mass is 16.2. The third-order valence-corrected chi connectivity index (χ3v) is 3.50. The number of amides is 2. The average molecular weight is 325 g/mol. The van der Waals surface area contributed by atoms with Crippen LogP contribution in [0.1, 0.15) is 28.9 Å². The van der Waals surface area contributed by atoms with Crippen LogP contribution < -0.4 is 10.6 Å². The van der Waals surface area contributed by atoms with Gasteiger partial charge < -0.3 is 15.5 Å². The molecule has 2 aromatic carbocycles. The Morgan fingerprint density at radius 2 is 1.75 bits per heavy atom. The highest BCUT2D eigenvalue weighted by Gasteiger charge is 2.16. The number of nitrogens with one attached hydrogen (secondary N) is 2. The summed E-state index contributed by atoms with van der Waals surface area (Å²) < 4.78 is 0. The van der Waals surface area contributed by atoms with Crippen LogP contribution in [0, 0.1) is 0 Å². The first-order chi connectivity index (χ1) is 11.5. The smallest absolute Gasteiger partial charge is 0.251 e. The van der Waals surface area contributed by atoms with Crippen LogP contribution in [-0.2, 0) is 4.79 Å². The van der Waals surface area contributed by atoms with Crippen molar-refractivity contribution in [2.45, 2.75) is 13.0 Å². The van der Waals surface area contributed by atoms with Gasteiger partial charge >= 0.3 is 0 Å². The highest BCUT2D eigenvalue weighted by Crippen LogP contribution is 2.16. The van der Waals surface area contributed by atoms with Crippen molar-refractivity contribution in [2.24, 2.45) is 0 Å². The van der Waals surface area contributed by atoms with Gasteiger partial charge in [0.05, 0.1) is 6.04 Å². The van der Waals surface area contributed by atoms with E-state index >= 15 is 0 Å². The van der Waals surface area contributed by atoms with E-state index in [4.69, 9.17) is 0 Å². The molecule has 0 aliphatic carbocycles. The Bertz CT molecular complexity index is 699. The van der Waals surface area contributed by atoms with Crippen molar-refractivity contribution in [3.63, 3.8) is 0 Å². The van der Waals surface area contributed by atoms with Gasteiger partial charge in [0.2, 0.25) is 5.91 Å². The summed E-state index contributed by atoms with van der Waals surface area (Å²) in [5.74, 6) is -0.333. The van der Waals surface area contributed by atoms with Crippen LogP contribution in [0.3, 0.4) is 0 Å². The van der Waals surface area contributed by atoms with Crippen LogP contribution in [0.25, 0.3) is 0 Å². The number of hydrogen-bond donors (Lipinski definition) is 2. The fourth-order valence-corrected chi connectivity index (χ4v) is 2.47. The minimum Gasteiger partial charge on any atom is -0.344 e. The Balaban J connectivity index is 2.17. The Labute approximate surface area is 142 Å². The predicted molar refractivity (Wildman–Crippen MR) is 95.9 cm³/mol. The van der Waals surface area contributed by atoms with E-state index in [1.165, 1.54) is 6.92 Å². The monoisotopic (exact) mass is 325 g/mol. The summed E-state index contributed by atoms with van der Waals surface area (Å²) in [6.07, 6.45) is 0. The molecule has 1 atom stereocenters. The molecule has 1 unspecified atom stereocenters. The average Bonchev–Trinajstić information content (AvgIpc) is 2.54. The number of carbonyl (C=O) groups is 2. The minimum atomic E-state index is -0.169. The van der Waals surface area contributed by atoms with Gasteiger partial charge in [0.25, 0.3) is 5.91 Å². The SMILES string of the molecule is CC(=O)Nc1cccc(C(=O)NC(CN(C)C)c2ccccc2)c1. The summed E-state index contributed by atoms with van der Waals surface area (Å²) in [7, 11) is 3.94. The fourth-order valence-electron chi connectivity index (χ4n) is 2.47. The maximum absolute atomic E-state index is 12.6. The molecular formula is C19H23N3O2. The van der Waals surface area contributed by atoms with Crippen molar-refractivity contribution in [3.05, 3.63) is 65.7 Å². The Hall–Kier alpha value is -2.66. The number of benzene rings is 2. The van der Waals surface area contributed by atoms with E-state index in [0.29, 0.717) is 17.8 Å². The van der Waals surface area contributed by atoms with E-state index < -0.39 is 0 Å². The molecular weight excluding hydrogens is 302 g/mol. The molecule has 5 nitrogen and oxygen atoms in total. The van der Waals surface area contributed by atoms with Gasteiger partial charge in [-0.2, -0.15) is 0 Å². The lowest BCUT2D eigenvalue weighted by molar-refractivity contribution is -0.114. The van der Waals surface area contributed by atoms with E-state index in [9.17, 15) is 9.59 Å². The second-order valence-electron chi connectivity index (χ2n) is 5.96. The number of nitrogens with zero attached hydrogens (tertiary/aromatic N) is 1. The third-order valence-electron chi connectivity index (χ3n) is 3.50. The predicted octanol–water partition coefficient (Wildman–Crippen LogP) is 2.68. The Morgan fingerprint density at radius 3 is 2.38 bits per heavy atom. The van der Waals surface area contributed by atoms with Crippen molar-refractivity contribution < 1.29 is 9.59 Å². The van der Waals surface area contributed by atoms with Crippen molar-refractivity contribution in [3.8, 4) is 0 Å². The number of anilines is 1. The molecule has 0 saturated heterocycles. The zero-order valence-electron chi connectivity index (χ0n) is 14.2. The first kappa shape index (κ1) is 17.7. The van der Waals surface area contributed by atoms with Crippen molar-refractivity contribution >= 4 is 17.5 Å². The van der Waals surface area contributed by atoms with Crippen molar-refractivity contribution in [2.75, 3.05) is 26.0 Å². The zero-order chi connectivity index (χ0) is 17.5. The van der Waals surface area contributed by atoms with Gasteiger partial charge in [-0.05, 0) is 37.9 Å². The number of rotatable bonds is 6. The number of carbonyl (C=O) groups excluding carboxylic acids is 2. The standard InChI is InChI=1S/C19H23N3O2/c1-14(23)20-17-11-7-10-16(12-17)19(24)21-18(13-22(2)3)15-8-5-4-6-9-15/h4-12,18H,13H2,1-3H3,(H,20,23)(H,21,24). The topological polar surface area (TPSA) is 61.4 Å². The largest absolute Gasteiger partial charge is 0.344 e. The van der Waals surface area contributed by atoms with Crippen LogP contribution in [0.2, 0.25) is 0 Å². The van der Waals surface area contributed by atoms with Gasteiger partial charge in [-0.1, -0.05) is 36.4 Å². The first-order valence-corrected chi connectivity index (χ1v) is 7.84. The Morgan fingerprint density at radius 1 is 1.04 bits per heavy atom. The molecule has 0 saturated carbocycles. The molecule has 0 aromatic heterocycles. The molecule has 0 spiro atoms. The molecule has 2 aromatic rings. The molecule has 5 heteroatoms. The summed E-state index contributed by atoms with van der Waals surface area (Å²) in [5.41, 5.74) is 2.18. The molecule has 0 radical (unpaired) electrons. The zero-order valence-corrected chi connectivity index (χ0v) is 14.2. The van der Waals surface area contributed by atoms with Crippen LogP contribution in [0.4, 0.5) is 5.69 Å². The molecule has 0 bridgehead atoms. The Kier molecular flexibility index (Phi) is 6.09. The summed E-state index contributed by atoms with van der Waals surface area (Å²) in [5, 5.41) is 5.76. The normalized spacial score (nSPS) is 11.8. The van der Waals surface area contributed by atoms with E-state index in [1.54, 1.807) is 24.3 Å². The summed E-state index contributed by atoms with van der Waals surface area (Å²) >= 11 is 0. The molecule has 0 fully saturated rings. The van der Waals surface area contributed by atoms with Crippen molar-refractivity contribution in [1.29, 1.82) is 0 Å². The van der Waals surface area contributed by atoms with E-state index in [2.05, 4.69) is 10.6 Å². The quantitative estimate of drug-likeness (QED) is 0.858. The molecule has 2 N–H and O–H groups in total. The molecule has 126 valence electrons. The number of hydrogen-bond acceptors (Lipinski definition) is 3. The molecule has 0 aliphatic heterocycles. The fraction of sp³-hybridized carbons (Fsp3) is 0.263. The van der Waals surface area contributed by atoms with Crippen LogP contribution >= 0.6 is 0 Å². The summed E-state index contributed by atoms with van der Waals surface area (Å²) in [4.78, 5) is 25.8. The molecule has 0 aliphatic rings. The molecule has 2 rings (SSSR count). The second-order valence-corrected chi connectivity index (χ2v) is 5.96. The van der Waals surface area contributed by atoms with Gasteiger partial charge in [0.15, 0.2) is 0 Å². The van der Waals surface area contributed by atoms with E-state index in [0.717, 1.165) is 5.56 Å². The third kappa shape index (κ3) is 5.21. The van der Waals surface area contributed by atoms with Crippen LogP contribution in [0.15, 0.2) is 54.6 Å². The maximum atomic E-state index is 12.6. The van der Waals surface area contributed by atoms with Crippen LogP contribution in [-0.4, -0.2) is 37.4 Å². The maximum Gasteiger partial charge on any atom is 0.251 e. The van der Waals surface area contributed by atoms with Gasteiger partial charge in [-0.15, -0.1) is 0 Å². The van der Waals surface area contributed by atoms with Gasteiger partial charge in [0, 0.05) is 24.7 Å². The summed E-state index contributed by atoms with van der Waals surface area (Å²) in [6.45, 7) is 2.14. The van der Waals surface area contributed by atoms with Crippen LogP contribution in [0.5, 0.6) is 0 Å². The molecule has 24 heavy (non-hydrogen) atoms. The van der Waals surface area contributed by atoms with Gasteiger partial charge in [-0.3, -0.25) is 9.59 Å². The lowest BCUT2D eigenvalue weighted by Gasteiger charge is -2.23. The van der Waals surface area contributed by atoms with Gasteiger partial charge in [-0.25, -0.2) is 0 Å². The number of likely N-dealkylation sites (N-methyl/N-ethyl adjacent to an activating group) is 1. The molecule has 2 amide bonds. The highest BCUT2D eigenvalue weighted by molar-refractivity contribution is 5.97. The second kappa shape index (κ2) is 8.26. The first-order valence-electron chi connectivity index (χ1n) is 7.84. The van der Waals surface area contributed by atoms with E-state index in [-0.39, 0.29) is 17.9 Å². The van der Waals surface area contributed by atoms with Crippen molar-refractivity contribution in [1.82, 2.24) is 10.2 Å². The lowest BCUT2D eigenvalue weighted by atomic mass is 10.1. The summed E-state index contributed by atoms with van der Waals surface area (Å²) in [6, 6.07) is 16.7.